The van der Waals surface area contributed by atoms with E-state index < -0.39 is 0 Å². The van der Waals surface area contributed by atoms with E-state index in [4.69, 9.17) is 0 Å². The topological polar surface area (TPSA) is 62.3 Å². The highest BCUT2D eigenvalue weighted by atomic mass is 15.4. The van der Waals surface area contributed by atoms with Gasteiger partial charge in [-0.05, 0) is 34.2 Å². The minimum Gasteiger partial charge on any atom is -0.264 e. The van der Waals surface area contributed by atoms with Crippen LogP contribution in [0.5, 0.6) is 0 Å². The predicted octanol–water partition coefficient (Wildman–Crippen LogP) is 3.05. The molecule has 2 aliphatic heterocycles. The maximum absolute atomic E-state index is 4.18. The zero-order valence-electron chi connectivity index (χ0n) is 11.6. The first-order valence-corrected chi connectivity index (χ1v) is 6.87. The average Bonchev–Trinajstić information content (AvgIpc) is 3.23. The number of pyridine rings is 1. The molecule has 3 heterocycles. The molecule has 104 valence electrons. The van der Waals surface area contributed by atoms with Crippen LogP contribution in [-0.4, -0.2) is 11.2 Å². The van der Waals surface area contributed by atoms with Gasteiger partial charge in [-0.2, -0.15) is 0 Å². The van der Waals surface area contributed by atoms with Crippen LogP contribution >= 0.6 is 0 Å². The standard InChI is InChI=1S/C9H7N.C8H4N4/c1-2-4-9-7-10-6-5-8(9)3-1;1-2-6-8(11-12-10-6)7-5(1)3-4-9-7/h1-7H;1-4H. The Labute approximate surface area is 126 Å². The Kier molecular flexibility index (Phi) is 3.01. The van der Waals surface area contributed by atoms with Crippen molar-refractivity contribution < 1.29 is 0 Å². The van der Waals surface area contributed by atoms with Gasteiger partial charge < -0.3 is 0 Å². The monoisotopic (exact) mass is 285 g/mol. The molecule has 0 aliphatic carbocycles. The first-order valence-electron chi connectivity index (χ1n) is 6.87. The zero-order chi connectivity index (χ0) is 14.8. The van der Waals surface area contributed by atoms with Gasteiger partial charge in [0.15, 0.2) is 0 Å². The summed E-state index contributed by atoms with van der Waals surface area (Å²) in [6.07, 6.45) is 7.39. The van der Waals surface area contributed by atoms with E-state index in [9.17, 15) is 0 Å². The second kappa shape index (κ2) is 5.29. The largest absolute Gasteiger partial charge is 0.264 e. The van der Waals surface area contributed by atoms with E-state index in [-0.39, 0.29) is 0 Å². The molecule has 5 rings (SSSR count). The Morgan fingerprint density at radius 3 is 2.64 bits per heavy atom. The third kappa shape index (κ3) is 2.18. The molecule has 1 aromatic heterocycles. The molecule has 0 radical (unpaired) electrons. The summed E-state index contributed by atoms with van der Waals surface area (Å²) >= 11 is 0. The minimum absolute atomic E-state index is 0.789. The van der Waals surface area contributed by atoms with Gasteiger partial charge in [0.1, 0.15) is 16.7 Å². The molecule has 0 spiro atoms. The fourth-order valence-corrected chi connectivity index (χ4v) is 2.37. The van der Waals surface area contributed by atoms with Crippen molar-refractivity contribution in [3.05, 3.63) is 65.4 Å². The lowest BCUT2D eigenvalue weighted by atomic mass is 10.2. The summed E-state index contributed by atoms with van der Waals surface area (Å²) in [7, 11) is 0. The Bertz CT molecular complexity index is 920. The normalized spacial score (nSPS) is 12.9. The van der Waals surface area contributed by atoms with Crippen molar-refractivity contribution in [2.75, 3.05) is 0 Å². The molecule has 2 aliphatic rings. The summed E-state index contributed by atoms with van der Waals surface area (Å²) in [5.41, 5.74) is 1.68. The number of aromatic nitrogens is 1. The molecule has 0 saturated heterocycles. The summed E-state index contributed by atoms with van der Waals surface area (Å²) in [6.45, 7) is 0. The van der Waals surface area contributed by atoms with E-state index in [1.54, 1.807) is 6.21 Å². The smallest absolute Gasteiger partial charge is 0.141 e. The van der Waals surface area contributed by atoms with Crippen LogP contribution < -0.4 is 10.6 Å². The van der Waals surface area contributed by atoms with Gasteiger partial charge in [-0.25, -0.2) is 0 Å². The summed E-state index contributed by atoms with van der Waals surface area (Å²) in [6, 6.07) is 14.1. The number of aliphatic imine (C=N–C) groups is 1. The molecule has 5 nitrogen and oxygen atoms in total. The van der Waals surface area contributed by atoms with Gasteiger partial charge in [-0.15, -0.1) is 10.2 Å². The Balaban J connectivity index is 0.000000116. The fourth-order valence-electron chi connectivity index (χ4n) is 2.37. The lowest BCUT2D eigenvalue weighted by Gasteiger charge is -1.91. The summed E-state index contributed by atoms with van der Waals surface area (Å²) < 4.78 is 0. The summed E-state index contributed by atoms with van der Waals surface area (Å²) in [5.74, 6) is 0. The Morgan fingerprint density at radius 1 is 0.818 bits per heavy atom. The second-order valence-corrected chi connectivity index (χ2v) is 4.83. The highest BCUT2D eigenvalue weighted by molar-refractivity contribution is 5.98. The van der Waals surface area contributed by atoms with Crippen molar-refractivity contribution in [1.82, 2.24) is 4.98 Å². The first kappa shape index (κ1) is 12.5. The highest BCUT2D eigenvalue weighted by Gasteiger charge is 2.10. The van der Waals surface area contributed by atoms with Crippen LogP contribution in [-0.2, 0) is 0 Å². The highest BCUT2D eigenvalue weighted by Crippen LogP contribution is 2.23. The molecule has 0 fully saturated rings. The number of fused-ring (bicyclic) bond motifs is 4. The molecule has 22 heavy (non-hydrogen) atoms. The Hall–Kier alpha value is -3.21. The van der Waals surface area contributed by atoms with Gasteiger partial charge in [0, 0.05) is 23.8 Å². The van der Waals surface area contributed by atoms with E-state index in [2.05, 4.69) is 37.5 Å². The summed E-state index contributed by atoms with van der Waals surface area (Å²) in [5, 5.41) is 15.7. The van der Waals surface area contributed by atoms with Crippen molar-refractivity contribution in [3.63, 3.8) is 0 Å². The van der Waals surface area contributed by atoms with Crippen LogP contribution in [0.3, 0.4) is 0 Å². The van der Waals surface area contributed by atoms with Crippen molar-refractivity contribution in [2.45, 2.75) is 0 Å². The molecular formula is C17H11N5. The molecule has 0 N–H and O–H groups in total. The van der Waals surface area contributed by atoms with Gasteiger partial charge in [-0.1, -0.05) is 30.3 Å². The number of hydrogen-bond donors (Lipinski definition) is 0. The van der Waals surface area contributed by atoms with Crippen LogP contribution in [0.4, 0.5) is 11.4 Å². The molecule has 5 heteroatoms. The van der Waals surface area contributed by atoms with Crippen LogP contribution in [0.2, 0.25) is 0 Å². The maximum Gasteiger partial charge on any atom is 0.141 e. The Morgan fingerprint density at radius 2 is 1.73 bits per heavy atom. The number of benzene rings is 2. The van der Waals surface area contributed by atoms with Crippen LogP contribution in [0.25, 0.3) is 16.8 Å². The number of rotatable bonds is 0. The molecule has 3 aromatic rings. The maximum atomic E-state index is 4.18. The second-order valence-electron chi connectivity index (χ2n) is 4.83. The quantitative estimate of drug-likeness (QED) is 0.626. The minimum atomic E-state index is 0.789. The van der Waals surface area contributed by atoms with Crippen molar-refractivity contribution in [2.24, 2.45) is 20.4 Å². The van der Waals surface area contributed by atoms with Gasteiger partial charge in [0.05, 0.1) is 0 Å². The van der Waals surface area contributed by atoms with Crippen molar-refractivity contribution in [3.8, 4) is 0 Å². The van der Waals surface area contributed by atoms with E-state index in [0.29, 0.717) is 0 Å². The lowest BCUT2D eigenvalue weighted by molar-refractivity contribution is 1.08. The molecule has 0 saturated carbocycles. The van der Waals surface area contributed by atoms with Crippen LogP contribution in [0.1, 0.15) is 0 Å². The van der Waals surface area contributed by atoms with Gasteiger partial charge >= 0.3 is 0 Å². The zero-order valence-corrected chi connectivity index (χ0v) is 11.6. The molecule has 0 atom stereocenters. The molecule has 2 aromatic carbocycles. The van der Waals surface area contributed by atoms with Crippen molar-refractivity contribution in [1.29, 1.82) is 0 Å². The van der Waals surface area contributed by atoms with Gasteiger partial charge in [0.2, 0.25) is 0 Å². The van der Waals surface area contributed by atoms with Crippen LogP contribution in [0.15, 0.2) is 75.3 Å². The predicted molar refractivity (Wildman–Crippen MR) is 86.1 cm³/mol. The third-order valence-corrected chi connectivity index (χ3v) is 3.47. The fraction of sp³-hybridized carbons (Fsp3) is 0. The van der Waals surface area contributed by atoms with Gasteiger partial charge in [-0.3, -0.25) is 9.98 Å². The lowest BCUT2D eigenvalue weighted by Crippen LogP contribution is -2.05. The van der Waals surface area contributed by atoms with Crippen LogP contribution in [0, 0.1) is 0 Å². The van der Waals surface area contributed by atoms with Crippen molar-refractivity contribution >= 4 is 34.4 Å². The van der Waals surface area contributed by atoms with E-state index in [0.717, 1.165) is 22.0 Å². The molecule has 0 amide bonds. The van der Waals surface area contributed by atoms with Gasteiger partial charge in [0.25, 0.3) is 0 Å². The molecule has 0 unspecified atom stereocenters. The average molecular weight is 285 g/mol. The van der Waals surface area contributed by atoms with E-state index >= 15 is 0 Å². The first-order chi connectivity index (χ1) is 10.9. The molecule has 0 bridgehead atoms. The van der Waals surface area contributed by atoms with E-state index in [1.807, 2.05) is 48.8 Å². The number of nitrogens with zero attached hydrogens (tertiary/aromatic N) is 5. The number of hydrogen-bond acceptors (Lipinski definition) is 5. The third-order valence-electron chi connectivity index (χ3n) is 3.47. The summed E-state index contributed by atoms with van der Waals surface area (Å²) in [4.78, 5) is 8.19. The molecular weight excluding hydrogens is 274 g/mol. The SMILES string of the molecule is C1=Nc2c3c(ccc2=C1)=NN=N3.c1ccc2cnccc2c1. The van der Waals surface area contributed by atoms with E-state index in [1.165, 1.54) is 10.8 Å².